The molecule has 1 aliphatic rings. The summed E-state index contributed by atoms with van der Waals surface area (Å²) in [4.78, 5) is 11.1. The zero-order valence-electron chi connectivity index (χ0n) is 16.1. The first-order valence-corrected chi connectivity index (χ1v) is 9.83. The average molecular weight is 412 g/mol. The Morgan fingerprint density at radius 3 is 2.79 bits per heavy atom. The van der Waals surface area contributed by atoms with E-state index in [0.29, 0.717) is 23.1 Å². The summed E-state index contributed by atoms with van der Waals surface area (Å²) >= 11 is 5.88. The quantitative estimate of drug-likeness (QED) is 0.662. The Morgan fingerprint density at radius 1 is 1.17 bits per heavy atom. The molecular weight excluding hydrogens is 390 g/mol. The number of ether oxygens (including phenoxy) is 2. The van der Waals surface area contributed by atoms with Crippen LogP contribution < -0.4 is 14.4 Å². The number of halogens is 1. The van der Waals surface area contributed by atoms with Crippen LogP contribution in [0, 0.1) is 0 Å². The number of aromatic nitrogens is 2. The Bertz CT molecular complexity index is 981. The first-order chi connectivity index (χ1) is 14.2. The molecule has 0 spiro atoms. The van der Waals surface area contributed by atoms with E-state index in [2.05, 4.69) is 9.88 Å². The minimum atomic E-state index is -0.140. The molecule has 0 amide bonds. The number of para-hydroxylation sites is 1. The average Bonchev–Trinajstić information content (AvgIpc) is 3.23. The summed E-state index contributed by atoms with van der Waals surface area (Å²) in [6.45, 7) is 1.38. The number of hydrogen-bond donors (Lipinski definition) is 1. The second kappa shape index (κ2) is 8.68. The van der Waals surface area contributed by atoms with E-state index < -0.39 is 0 Å². The molecular formula is C22H22ClN3O3. The first kappa shape index (κ1) is 19.5. The normalized spacial score (nSPS) is 16.1. The van der Waals surface area contributed by atoms with Crippen molar-refractivity contribution in [2.24, 2.45) is 0 Å². The fourth-order valence-corrected chi connectivity index (χ4v) is 3.66. The molecule has 29 heavy (non-hydrogen) atoms. The Morgan fingerprint density at radius 2 is 2.03 bits per heavy atom. The van der Waals surface area contributed by atoms with Crippen molar-refractivity contribution in [2.45, 2.75) is 19.1 Å². The predicted molar refractivity (Wildman–Crippen MR) is 113 cm³/mol. The molecule has 1 aromatic carbocycles. The standard InChI is InChI=1S/C22H22ClN3O3/c1-28-21-5-3-2-4-17(21)18-7-8-20(19(14-27)25-18)26-11-10-16(13-26)29-22-9-6-15(23)12-24-22/h2-9,12,16,27H,10-11,13-14H2,1H3. The molecule has 150 valence electrons. The largest absolute Gasteiger partial charge is 0.496 e. The van der Waals surface area contributed by atoms with Crippen LogP contribution in [0.3, 0.4) is 0 Å². The predicted octanol–water partition coefficient (Wildman–Crippen LogP) is 3.96. The van der Waals surface area contributed by atoms with E-state index >= 15 is 0 Å². The Balaban J connectivity index is 1.52. The molecule has 3 aromatic rings. The van der Waals surface area contributed by atoms with Gasteiger partial charge in [0.05, 0.1) is 42.4 Å². The molecule has 1 saturated heterocycles. The van der Waals surface area contributed by atoms with E-state index in [1.165, 1.54) is 0 Å². The summed E-state index contributed by atoms with van der Waals surface area (Å²) in [7, 11) is 1.64. The van der Waals surface area contributed by atoms with Gasteiger partial charge in [0.15, 0.2) is 0 Å². The maximum Gasteiger partial charge on any atom is 0.213 e. The highest BCUT2D eigenvalue weighted by molar-refractivity contribution is 6.30. The maximum absolute atomic E-state index is 9.93. The van der Waals surface area contributed by atoms with Crippen molar-refractivity contribution in [3.63, 3.8) is 0 Å². The van der Waals surface area contributed by atoms with Gasteiger partial charge in [0.1, 0.15) is 11.9 Å². The van der Waals surface area contributed by atoms with Crippen molar-refractivity contribution in [1.29, 1.82) is 0 Å². The van der Waals surface area contributed by atoms with Gasteiger partial charge in [0.2, 0.25) is 5.88 Å². The number of aliphatic hydroxyl groups is 1. The number of nitrogens with zero attached hydrogens (tertiary/aromatic N) is 3. The molecule has 3 heterocycles. The van der Waals surface area contributed by atoms with Crippen molar-refractivity contribution in [2.75, 3.05) is 25.1 Å². The molecule has 0 radical (unpaired) electrons. The highest BCUT2D eigenvalue weighted by Gasteiger charge is 2.26. The van der Waals surface area contributed by atoms with Gasteiger partial charge in [-0.25, -0.2) is 9.97 Å². The minimum absolute atomic E-state index is 0.0177. The summed E-state index contributed by atoms with van der Waals surface area (Å²) in [5.41, 5.74) is 3.22. The number of benzene rings is 1. The van der Waals surface area contributed by atoms with Crippen molar-refractivity contribution in [3.05, 3.63) is 65.4 Å². The van der Waals surface area contributed by atoms with Gasteiger partial charge in [-0.2, -0.15) is 0 Å². The summed E-state index contributed by atoms with van der Waals surface area (Å²) in [5.74, 6) is 1.31. The molecule has 4 rings (SSSR count). The lowest BCUT2D eigenvalue weighted by Crippen LogP contribution is -2.26. The molecule has 1 aliphatic heterocycles. The maximum atomic E-state index is 9.93. The van der Waals surface area contributed by atoms with Crippen molar-refractivity contribution in [1.82, 2.24) is 9.97 Å². The smallest absolute Gasteiger partial charge is 0.213 e. The Hall–Kier alpha value is -2.83. The van der Waals surface area contributed by atoms with Crippen LogP contribution in [0.2, 0.25) is 5.02 Å². The van der Waals surface area contributed by atoms with Gasteiger partial charge < -0.3 is 19.5 Å². The van der Waals surface area contributed by atoms with Gasteiger partial charge in [-0.15, -0.1) is 0 Å². The number of aliphatic hydroxyl groups excluding tert-OH is 1. The van der Waals surface area contributed by atoms with Gasteiger partial charge in [0.25, 0.3) is 0 Å². The van der Waals surface area contributed by atoms with E-state index in [9.17, 15) is 5.11 Å². The van der Waals surface area contributed by atoms with Crippen LogP contribution in [-0.4, -0.2) is 41.4 Å². The second-order valence-corrected chi connectivity index (χ2v) is 7.25. The third-order valence-corrected chi connectivity index (χ3v) is 5.18. The Kier molecular flexibility index (Phi) is 5.83. The molecule has 7 heteroatoms. The van der Waals surface area contributed by atoms with Crippen molar-refractivity contribution < 1.29 is 14.6 Å². The van der Waals surface area contributed by atoms with Crippen LogP contribution >= 0.6 is 11.6 Å². The fraction of sp³-hybridized carbons (Fsp3) is 0.273. The molecule has 6 nitrogen and oxygen atoms in total. The monoisotopic (exact) mass is 411 g/mol. The summed E-state index contributed by atoms with van der Waals surface area (Å²) in [5, 5.41) is 10.5. The number of methoxy groups -OCH3 is 1. The molecule has 0 bridgehead atoms. The first-order valence-electron chi connectivity index (χ1n) is 9.45. The molecule has 1 N–H and O–H groups in total. The molecule has 0 saturated carbocycles. The van der Waals surface area contributed by atoms with Gasteiger partial charge in [0, 0.05) is 30.8 Å². The number of hydrogen-bond acceptors (Lipinski definition) is 6. The molecule has 0 aliphatic carbocycles. The SMILES string of the molecule is COc1ccccc1-c1ccc(N2CCC(Oc3ccc(Cl)cn3)C2)c(CO)n1. The van der Waals surface area contributed by atoms with Gasteiger partial charge in [-0.1, -0.05) is 23.7 Å². The van der Waals surface area contributed by atoms with Crippen LogP contribution in [0.1, 0.15) is 12.1 Å². The van der Waals surface area contributed by atoms with Crippen molar-refractivity contribution in [3.8, 4) is 22.9 Å². The number of pyridine rings is 2. The lowest BCUT2D eigenvalue weighted by Gasteiger charge is -2.21. The third kappa shape index (κ3) is 4.28. The van der Waals surface area contributed by atoms with E-state index in [4.69, 9.17) is 26.1 Å². The van der Waals surface area contributed by atoms with Crippen LogP contribution in [0.15, 0.2) is 54.7 Å². The highest BCUT2D eigenvalue weighted by Crippen LogP contribution is 2.32. The van der Waals surface area contributed by atoms with Crippen LogP contribution in [0.4, 0.5) is 5.69 Å². The number of anilines is 1. The second-order valence-electron chi connectivity index (χ2n) is 6.81. The molecule has 1 fully saturated rings. The highest BCUT2D eigenvalue weighted by atomic mass is 35.5. The zero-order valence-corrected chi connectivity index (χ0v) is 16.8. The zero-order chi connectivity index (χ0) is 20.2. The molecule has 1 unspecified atom stereocenters. The van der Waals surface area contributed by atoms with Gasteiger partial charge in [-0.3, -0.25) is 0 Å². The van der Waals surface area contributed by atoms with Gasteiger partial charge >= 0.3 is 0 Å². The fourth-order valence-electron chi connectivity index (χ4n) is 3.55. The Labute approximate surface area is 174 Å². The summed E-state index contributed by atoms with van der Waals surface area (Å²) in [6, 6.07) is 15.2. The van der Waals surface area contributed by atoms with Crippen LogP contribution in [-0.2, 0) is 6.61 Å². The van der Waals surface area contributed by atoms with E-state index in [0.717, 1.165) is 35.7 Å². The van der Waals surface area contributed by atoms with E-state index in [-0.39, 0.29) is 12.7 Å². The topological polar surface area (TPSA) is 67.7 Å². The van der Waals surface area contributed by atoms with Crippen LogP contribution in [0.25, 0.3) is 11.3 Å². The van der Waals surface area contributed by atoms with Crippen molar-refractivity contribution >= 4 is 17.3 Å². The molecule has 1 atom stereocenters. The van der Waals surface area contributed by atoms with E-state index in [1.54, 1.807) is 25.4 Å². The minimum Gasteiger partial charge on any atom is -0.496 e. The third-order valence-electron chi connectivity index (χ3n) is 4.96. The lowest BCUT2D eigenvalue weighted by atomic mass is 10.1. The summed E-state index contributed by atoms with van der Waals surface area (Å²) in [6.07, 6.45) is 2.46. The number of rotatable bonds is 6. The van der Waals surface area contributed by atoms with Gasteiger partial charge in [-0.05, 0) is 30.3 Å². The lowest BCUT2D eigenvalue weighted by molar-refractivity contribution is 0.216. The van der Waals surface area contributed by atoms with Crippen LogP contribution in [0.5, 0.6) is 11.6 Å². The van der Waals surface area contributed by atoms with E-state index in [1.807, 2.05) is 36.4 Å². The summed E-state index contributed by atoms with van der Waals surface area (Å²) < 4.78 is 11.4. The molecule has 2 aromatic heterocycles.